The first-order valence-electron chi connectivity index (χ1n) is 10.0. The third kappa shape index (κ3) is 5.09. The lowest BCUT2D eigenvalue weighted by atomic mass is 9.97. The highest BCUT2D eigenvalue weighted by Crippen LogP contribution is 2.32. The lowest BCUT2D eigenvalue weighted by molar-refractivity contribution is -0.117. The molecule has 1 saturated heterocycles. The van der Waals surface area contributed by atoms with Gasteiger partial charge < -0.3 is 24.3 Å². The molecule has 1 aromatic carbocycles. The minimum absolute atomic E-state index is 0.0117. The van der Waals surface area contributed by atoms with Crippen molar-refractivity contribution in [3.05, 3.63) is 40.3 Å². The standard InChI is InChI=1S/C21H24N4O6/c1-13(26)23-19(22)12-30-15-2-3-17-14(8-15)4-5-25-18(17)9-20(24-21(25)27)31-11-16-10-28-6-7-29-16/h2-3,8-9,16H,4-7,10-12H2,1H3,(H2,22,23,26). The third-order valence-corrected chi connectivity index (χ3v) is 4.96. The highest BCUT2D eigenvalue weighted by molar-refractivity contribution is 5.96. The number of carbonyl (C=O) groups is 1. The van der Waals surface area contributed by atoms with Gasteiger partial charge in [0, 0.05) is 25.1 Å². The molecule has 1 fully saturated rings. The number of amidine groups is 1. The summed E-state index contributed by atoms with van der Waals surface area (Å²) in [6.45, 7) is 3.62. The maximum absolute atomic E-state index is 12.5. The summed E-state index contributed by atoms with van der Waals surface area (Å²) in [7, 11) is 0. The van der Waals surface area contributed by atoms with E-state index < -0.39 is 0 Å². The molecule has 1 amide bonds. The Balaban J connectivity index is 1.49. The van der Waals surface area contributed by atoms with E-state index in [0.717, 1.165) is 16.8 Å². The molecular formula is C21H24N4O6. The van der Waals surface area contributed by atoms with Crippen molar-refractivity contribution in [1.82, 2.24) is 14.9 Å². The first kappa shape index (κ1) is 21.0. The van der Waals surface area contributed by atoms with Gasteiger partial charge in [-0.15, -0.1) is 0 Å². The van der Waals surface area contributed by atoms with Gasteiger partial charge in [-0.1, -0.05) is 0 Å². The zero-order valence-electron chi connectivity index (χ0n) is 17.2. The van der Waals surface area contributed by atoms with Crippen LogP contribution in [0.25, 0.3) is 11.3 Å². The van der Waals surface area contributed by atoms with E-state index in [1.165, 1.54) is 6.92 Å². The average Bonchev–Trinajstić information content (AvgIpc) is 2.76. The molecule has 10 nitrogen and oxygen atoms in total. The Kier molecular flexibility index (Phi) is 6.28. The molecular weight excluding hydrogens is 404 g/mol. The van der Waals surface area contributed by atoms with Crippen molar-refractivity contribution in [1.29, 1.82) is 5.41 Å². The highest BCUT2D eigenvalue weighted by Gasteiger charge is 2.21. The second-order valence-corrected chi connectivity index (χ2v) is 7.31. The maximum atomic E-state index is 12.5. The minimum atomic E-state index is -0.358. The average molecular weight is 428 g/mol. The second-order valence-electron chi connectivity index (χ2n) is 7.31. The van der Waals surface area contributed by atoms with Crippen molar-refractivity contribution in [3.63, 3.8) is 0 Å². The molecule has 0 spiro atoms. The van der Waals surface area contributed by atoms with E-state index in [-0.39, 0.29) is 42.6 Å². The molecule has 0 aliphatic carbocycles. The van der Waals surface area contributed by atoms with Crippen molar-refractivity contribution in [3.8, 4) is 22.9 Å². The quantitative estimate of drug-likeness (QED) is 0.514. The number of rotatable bonds is 6. The monoisotopic (exact) mass is 428 g/mol. The Labute approximate surface area is 178 Å². The summed E-state index contributed by atoms with van der Waals surface area (Å²) in [6, 6.07) is 7.29. The van der Waals surface area contributed by atoms with Crippen LogP contribution in [0, 0.1) is 5.41 Å². The van der Waals surface area contributed by atoms with Gasteiger partial charge in [-0.3, -0.25) is 14.8 Å². The summed E-state index contributed by atoms with van der Waals surface area (Å²) in [5.41, 5.74) is 2.29. The Morgan fingerprint density at radius 1 is 1.32 bits per heavy atom. The van der Waals surface area contributed by atoms with Crippen LogP contribution in [0.2, 0.25) is 0 Å². The third-order valence-electron chi connectivity index (χ3n) is 4.96. The van der Waals surface area contributed by atoms with Gasteiger partial charge in [-0.05, 0) is 30.2 Å². The van der Waals surface area contributed by atoms with Crippen LogP contribution < -0.4 is 20.5 Å². The van der Waals surface area contributed by atoms with Gasteiger partial charge in [-0.25, -0.2) is 4.79 Å². The fourth-order valence-corrected chi connectivity index (χ4v) is 3.56. The van der Waals surface area contributed by atoms with Gasteiger partial charge in [0.2, 0.25) is 11.8 Å². The van der Waals surface area contributed by atoms with Crippen LogP contribution in [-0.2, 0) is 27.2 Å². The fourth-order valence-electron chi connectivity index (χ4n) is 3.56. The Morgan fingerprint density at radius 3 is 2.97 bits per heavy atom. The normalized spacial score (nSPS) is 17.3. The van der Waals surface area contributed by atoms with Crippen LogP contribution in [-0.4, -0.2) is 60.4 Å². The lowest BCUT2D eigenvalue weighted by Crippen LogP contribution is -2.34. The van der Waals surface area contributed by atoms with Crippen LogP contribution in [0.4, 0.5) is 0 Å². The predicted molar refractivity (Wildman–Crippen MR) is 111 cm³/mol. The molecule has 1 unspecified atom stereocenters. The number of aryl methyl sites for hydroxylation is 1. The summed E-state index contributed by atoms with van der Waals surface area (Å²) in [5, 5.41) is 10.1. The van der Waals surface area contributed by atoms with Gasteiger partial charge in [-0.2, -0.15) is 4.98 Å². The van der Waals surface area contributed by atoms with Gasteiger partial charge in [0.25, 0.3) is 0 Å². The number of benzene rings is 1. The molecule has 3 heterocycles. The smallest absolute Gasteiger partial charge is 0.351 e. The summed E-state index contributed by atoms with van der Waals surface area (Å²) in [4.78, 5) is 27.6. The molecule has 164 valence electrons. The van der Waals surface area contributed by atoms with E-state index in [1.807, 2.05) is 12.1 Å². The van der Waals surface area contributed by atoms with E-state index in [0.29, 0.717) is 38.5 Å². The molecule has 0 bridgehead atoms. The number of aromatic nitrogens is 2. The number of amides is 1. The first-order valence-corrected chi connectivity index (χ1v) is 10.0. The minimum Gasteiger partial charge on any atom is -0.486 e. The maximum Gasteiger partial charge on any atom is 0.351 e. The van der Waals surface area contributed by atoms with E-state index in [9.17, 15) is 9.59 Å². The van der Waals surface area contributed by atoms with Gasteiger partial charge >= 0.3 is 5.69 Å². The SMILES string of the molecule is CC(=O)NC(=N)COc1ccc2c(c1)CCn1c-2cc(OCC2COCCO2)nc1=O. The van der Waals surface area contributed by atoms with Crippen LogP contribution in [0.5, 0.6) is 11.6 Å². The number of carbonyl (C=O) groups excluding carboxylic acids is 1. The molecule has 2 aromatic rings. The summed E-state index contributed by atoms with van der Waals surface area (Å²) >= 11 is 0. The molecule has 2 aliphatic heterocycles. The number of nitrogens with one attached hydrogen (secondary N) is 2. The fraction of sp³-hybridized carbons (Fsp3) is 0.429. The van der Waals surface area contributed by atoms with Gasteiger partial charge in [0.1, 0.15) is 30.9 Å². The molecule has 10 heteroatoms. The van der Waals surface area contributed by atoms with E-state index in [2.05, 4.69) is 10.3 Å². The molecule has 1 atom stereocenters. The first-order chi connectivity index (χ1) is 15.0. The van der Waals surface area contributed by atoms with Crippen molar-refractivity contribution in [2.45, 2.75) is 26.0 Å². The molecule has 0 saturated carbocycles. The second kappa shape index (κ2) is 9.27. The zero-order valence-corrected chi connectivity index (χ0v) is 17.2. The molecule has 31 heavy (non-hydrogen) atoms. The topological polar surface area (TPSA) is 125 Å². The number of hydrogen-bond acceptors (Lipinski definition) is 8. The number of nitrogens with zero attached hydrogens (tertiary/aromatic N) is 2. The molecule has 0 radical (unpaired) electrons. The van der Waals surface area contributed by atoms with E-state index in [4.69, 9.17) is 24.4 Å². The Bertz CT molecular complexity index is 1040. The Morgan fingerprint density at radius 2 is 2.19 bits per heavy atom. The van der Waals surface area contributed by atoms with Crippen molar-refractivity contribution in [2.75, 3.05) is 33.0 Å². The molecule has 2 aliphatic rings. The highest BCUT2D eigenvalue weighted by atomic mass is 16.6. The van der Waals surface area contributed by atoms with Crippen LogP contribution in [0.15, 0.2) is 29.1 Å². The number of ether oxygens (including phenoxy) is 4. The summed E-state index contributed by atoms with van der Waals surface area (Å²) < 4.78 is 23.9. The molecule has 1 aromatic heterocycles. The number of fused-ring (bicyclic) bond motifs is 3. The van der Waals surface area contributed by atoms with Crippen LogP contribution >= 0.6 is 0 Å². The molecule has 2 N–H and O–H groups in total. The Hall–Kier alpha value is -3.24. The van der Waals surface area contributed by atoms with Crippen LogP contribution in [0.3, 0.4) is 0 Å². The number of hydrogen-bond donors (Lipinski definition) is 2. The largest absolute Gasteiger partial charge is 0.486 e. The predicted octanol–water partition coefficient (Wildman–Crippen LogP) is 0.753. The summed E-state index contributed by atoms with van der Waals surface area (Å²) in [5.74, 6) is 0.518. The van der Waals surface area contributed by atoms with Crippen LogP contribution in [0.1, 0.15) is 12.5 Å². The zero-order chi connectivity index (χ0) is 21.8. The van der Waals surface area contributed by atoms with Crippen molar-refractivity contribution >= 4 is 11.7 Å². The molecule has 4 rings (SSSR count). The lowest BCUT2D eigenvalue weighted by Gasteiger charge is -2.24. The van der Waals surface area contributed by atoms with Gasteiger partial charge in [0.15, 0.2) is 0 Å². The summed E-state index contributed by atoms with van der Waals surface area (Å²) in [6.07, 6.45) is 0.468. The van der Waals surface area contributed by atoms with E-state index in [1.54, 1.807) is 16.7 Å². The van der Waals surface area contributed by atoms with Crippen molar-refractivity contribution < 1.29 is 23.7 Å². The van der Waals surface area contributed by atoms with Gasteiger partial charge in [0.05, 0.1) is 25.5 Å². The van der Waals surface area contributed by atoms with E-state index >= 15 is 0 Å². The van der Waals surface area contributed by atoms with Crippen molar-refractivity contribution in [2.24, 2.45) is 0 Å².